The fourth-order valence-electron chi connectivity index (χ4n) is 7.37. The summed E-state index contributed by atoms with van der Waals surface area (Å²) < 4.78 is 0. The SMILES string of the molecule is CN(C)c1ccc([C@@H]2c3sc(=O)[nH]c3S[C@@H]3[C@H]4C[C@@H]([C@@H]5C(=O)N(CCCCCC(=O)O)C(=O)[C@H]45)[C@H]23)cc1. The third kappa shape index (κ3) is 3.94. The predicted molar refractivity (Wildman–Crippen MR) is 142 cm³/mol. The van der Waals surface area contributed by atoms with Gasteiger partial charge in [-0.1, -0.05) is 29.9 Å². The third-order valence-electron chi connectivity index (χ3n) is 8.86. The van der Waals surface area contributed by atoms with Crippen LogP contribution in [0.15, 0.2) is 34.1 Å². The van der Waals surface area contributed by atoms with Gasteiger partial charge in [0.2, 0.25) is 11.8 Å². The van der Waals surface area contributed by atoms with Gasteiger partial charge in [-0.25, -0.2) is 0 Å². The minimum Gasteiger partial charge on any atom is -0.481 e. The van der Waals surface area contributed by atoms with Gasteiger partial charge in [-0.15, -0.1) is 11.8 Å². The largest absolute Gasteiger partial charge is 0.481 e. The van der Waals surface area contributed by atoms with Crippen molar-refractivity contribution >= 4 is 46.6 Å². The lowest BCUT2D eigenvalue weighted by molar-refractivity contribution is -0.141. The summed E-state index contributed by atoms with van der Waals surface area (Å²) in [5.41, 5.74) is 2.27. The fraction of sp³-hybridized carbons (Fsp3) is 0.556. The van der Waals surface area contributed by atoms with Crippen LogP contribution in [-0.2, 0) is 14.4 Å². The van der Waals surface area contributed by atoms with Crippen molar-refractivity contribution in [2.24, 2.45) is 29.6 Å². The molecule has 2 saturated carbocycles. The van der Waals surface area contributed by atoms with E-state index in [1.54, 1.807) is 11.8 Å². The van der Waals surface area contributed by atoms with Gasteiger partial charge in [0, 0.05) is 48.8 Å². The molecule has 1 aromatic carbocycles. The number of aromatic nitrogens is 1. The lowest BCUT2D eigenvalue weighted by Crippen LogP contribution is -2.42. The Labute approximate surface area is 223 Å². The van der Waals surface area contributed by atoms with Gasteiger partial charge in [-0.3, -0.25) is 24.1 Å². The van der Waals surface area contributed by atoms with Crippen molar-refractivity contribution in [1.82, 2.24) is 9.88 Å². The Bertz CT molecular complexity index is 1300. The highest BCUT2D eigenvalue weighted by atomic mass is 32.2. The second-order valence-electron chi connectivity index (χ2n) is 11.0. The number of amides is 2. The molecule has 6 rings (SSSR count). The zero-order valence-electron chi connectivity index (χ0n) is 20.9. The smallest absolute Gasteiger partial charge is 0.305 e. The second kappa shape index (κ2) is 9.31. The molecule has 4 aliphatic rings. The van der Waals surface area contributed by atoms with E-state index < -0.39 is 5.97 Å². The van der Waals surface area contributed by atoms with Crippen LogP contribution in [0.4, 0.5) is 5.69 Å². The lowest BCUT2D eigenvalue weighted by atomic mass is 9.68. The number of unbranched alkanes of at least 4 members (excludes halogenated alkanes) is 2. The molecule has 1 saturated heterocycles. The summed E-state index contributed by atoms with van der Waals surface area (Å²) in [5, 5.41) is 9.96. The number of imide groups is 1. The first-order chi connectivity index (χ1) is 17.8. The Morgan fingerprint density at radius 2 is 1.76 bits per heavy atom. The van der Waals surface area contributed by atoms with Crippen molar-refractivity contribution in [3.05, 3.63) is 44.4 Å². The molecule has 2 bridgehead atoms. The average molecular weight is 542 g/mol. The standard InChI is InChI=1S/C27H31N3O5S2/c1-29(2)14-9-7-13(8-10-14)18-19-15-12-16(22(19)36-24-23(18)37-27(35)28-24)21-20(15)25(33)30(26(21)34)11-5-3-4-6-17(31)32/h7-10,15-16,18-22H,3-6,11-12H2,1-2H3,(H,28,35)(H,31,32)/t15-,16+,18+,19-,20+,21-,22-/m1/s1. The molecule has 0 radical (unpaired) electrons. The molecule has 0 spiro atoms. The van der Waals surface area contributed by atoms with Gasteiger partial charge in [0.1, 0.15) is 0 Å². The molecule has 2 N–H and O–H groups in total. The molecular formula is C27H31N3O5S2. The van der Waals surface area contributed by atoms with Crippen LogP contribution in [0.2, 0.25) is 0 Å². The minimum atomic E-state index is -0.819. The number of fused-ring (bicyclic) bond motifs is 9. The summed E-state index contributed by atoms with van der Waals surface area (Å²) in [4.78, 5) is 57.8. The molecule has 2 aliphatic carbocycles. The molecule has 3 fully saturated rings. The molecule has 2 aliphatic heterocycles. The van der Waals surface area contributed by atoms with E-state index in [0.717, 1.165) is 27.6 Å². The maximum atomic E-state index is 13.6. The van der Waals surface area contributed by atoms with E-state index >= 15 is 0 Å². The number of rotatable bonds is 8. The third-order valence-corrected chi connectivity index (χ3v) is 11.4. The van der Waals surface area contributed by atoms with Gasteiger partial charge in [0.15, 0.2) is 0 Å². The second-order valence-corrected chi connectivity index (χ2v) is 13.2. The molecule has 0 unspecified atom stereocenters. The summed E-state index contributed by atoms with van der Waals surface area (Å²) in [7, 11) is 4.02. The summed E-state index contributed by atoms with van der Waals surface area (Å²) in [5.74, 6) is -0.981. The normalized spacial score (nSPS) is 31.4. The van der Waals surface area contributed by atoms with Crippen LogP contribution < -0.4 is 9.77 Å². The van der Waals surface area contributed by atoms with E-state index in [0.29, 0.717) is 25.8 Å². The van der Waals surface area contributed by atoms with Crippen molar-refractivity contribution in [3.63, 3.8) is 0 Å². The Kier molecular flexibility index (Phi) is 6.22. The van der Waals surface area contributed by atoms with Crippen LogP contribution in [0.1, 0.15) is 48.5 Å². The van der Waals surface area contributed by atoms with Crippen molar-refractivity contribution in [2.75, 3.05) is 25.5 Å². The highest BCUT2D eigenvalue weighted by Gasteiger charge is 2.69. The number of benzene rings is 1. The molecule has 8 nitrogen and oxygen atoms in total. The van der Waals surface area contributed by atoms with E-state index in [4.69, 9.17) is 5.11 Å². The number of H-pyrrole nitrogens is 1. The van der Waals surface area contributed by atoms with Crippen LogP contribution in [0.3, 0.4) is 0 Å². The maximum Gasteiger partial charge on any atom is 0.305 e. The topological polar surface area (TPSA) is 111 Å². The number of carbonyl (C=O) groups is 3. The molecule has 2 amide bonds. The van der Waals surface area contributed by atoms with E-state index in [-0.39, 0.29) is 63.9 Å². The molecule has 37 heavy (non-hydrogen) atoms. The number of nitrogens with zero attached hydrogens (tertiary/aromatic N) is 2. The van der Waals surface area contributed by atoms with Gasteiger partial charge < -0.3 is 15.0 Å². The first kappa shape index (κ1) is 24.7. The van der Waals surface area contributed by atoms with E-state index in [2.05, 4.69) is 34.1 Å². The number of aliphatic carboxylic acids is 1. The number of aromatic amines is 1. The lowest BCUT2D eigenvalue weighted by Gasteiger charge is -2.43. The summed E-state index contributed by atoms with van der Waals surface area (Å²) in [6, 6.07) is 8.51. The molecule has 7 atom stereocenters. The zero-order chi connectivity index (χ0) is 26.0. The molecule has 3 heterocycles. The monoisotopic (exact) mass is 541 g/mol. The van der Waals surface area contributed by atoms with Crippen molar-refractivity contribution in [3.8, 4) is 0 Å². The number of thioether (sulfide) groups is 1. The predicted octanol–water partition coefficient (Wildman–Crippen LogP) is 3.62. The van der Waals surface area contributed by atoms with Crippen molar-refractivity contribution in [2.45, 2.75) is 48.3 Å². The van der Waals surface area contributed by atoms with Gasteiger partial charge in [-0.05, 0) is 54.7 Å². The van der Waals surface area contributed by atoms with Crippen molar-refractivity contribution in [1.29, 1.82) is 0 Å². The Hall–Kier alpha value is -2.59. The number of hydrogen-bond acceptors (Lipinski definition) is 7. The van der Waals surface area contributed by atoms with Crippen molar-refractivity contribution < 1.29 is 19.5 Å². The number of nitrogens with one attached hydrogen (secondary N) is 1. The summed E-state index contributed by atoms with van der Waals surface area (Å²) in [6.45, 7) is 0.377. The zero-order valence-corrected chi connectivity index (χ0v) is 22.5. The van der Waals surface area contributed by atoms with Crippen LogP contribution >= 0.6 is 23.1 Å². The molecular weight excluding hydrogens is 510 g/mol. The van der Waals surface area contributed by atoms with Gasteiger partial charge >= 0.3 is 10.8 Å². The number of likely N-dealkylation sites (tertiary alicyclic amines) is 1. The van der Waals surface area contributed by atoms with Gasteiger partial charge in [0.25, 0.3) is 0 Å². The average Bonchev–Trinajstić information content (AvgIpc) is 3.58. The Morgan fingerprint density at radius 1 is 1.05 bits per heavy atom. The maximum absolute atomic E-state index is 13.6. The number of anilines is 1. The first-order valence-electron chi connectivity index (χ1n) is 13.0. The van der Waals surface area contributed by atoms with Crippen LogP contribution in [0, 0.1) is 29.6 Å². The number of carbonyl (C=O) groups excluding carboxylic acids is 2. The van der Waals surface area contributed by atoms with E-state index in [1.165, 1.54) is 16.2 Å². The minimum absolute atomic E-state index is 0.0327. The molecule has 2 aromatic rings. The number of carboxylic acid groups (broad SMARTS) is 1. The number of carboxylic acids is 1. The first-order valence-corrected chi connectivity index (χ1v) is 14.7. The van der Waals surface area contributed by atoms with Crippen LogP contribution in [0.25, 0.3) is 0 Å². The number of thiazole rings is 1. The van der Waals surface area contributed by atoms with Gasteiger partial charge in [0.05, 0.1) is 16.9 Å². The van der Waals surface area contributed by atoms with E-state index in [9.17, 15) is 19.2 Å². The quantitative estimate of drug-likeness (QED) is 0.388. The Morgan fingerprint density at radius 3 is 2.43 bits per heavy atom. The molecule has 1 aromatic heterocycles. The molecule has 196 valence electrons. The molecule has 10 heteroatoms. The Balaban J connectivity index is 1.28. The highest BCUT2D eigenvalue weighted by molar-refractivity contribution is 8.00. The summed E-state index contributed by atoms with van der Waals surface area (Å²) in [6.07, 6.45) is 2.87. The highest BCUT2D eigenvalue weighted by Crippen LogP contribution is 2.68. The van der Waals surface area contributed by atoms with Crippen LogP contribution in [-0.4, -0.2) is 58.7 Å². The van der Waals surface area contributed by atoms with Gasteiger partial charge in [-0.2, -0.15) is 0 Å². The van der Waals surface area contributed by atoms with E-state index in [1.807, 2.05) is 14.1 Å². The fourth-order valence-corrected chi connectivity index (χ4v) is 10.3. The van der Waals surface area contributed by atoms with Crippen LogP contribution in [0.5, 0.6) is 0 Å². The summed E-state index contributed by atoms with van der Waals surface area (Å²) >= 11 is 2.99. The number of hydrogen-bond donors (Lipinski definition) is 2.